The zero-order chi connectivity index (χ0) is 21.1. The summed E-state index contributed by atoms with van der Waals surface area (Å²) in [5.74, 6) is 2.41. The lowest BCUT2D eigenvalue weighted by Gasteiger charge is -2.33. The number of carbonyl (C=O) groups excluding carboxylic acids is 1. The number of benzene rings is 1. The standard InChI is InChI=1S/C22H36N4O3/c1-5-23-22(25-14-12-21(27)26-15-7-6-8-17(26)2)24-13-11-18-9-10-19(28-3)20(16-18)29-4/h9-10,16-17H,5-8,11-15H2,1-4H3,(H2,23,24,25). The number of rotatable bonds is 9. The number of nitrogens with zero attached hydrogens (tertiary/aromatic N) is 2. The molecule has 0 aliphatic carbocycles. The van der Waals surface area contributed by atoms with Crippen LogP contribution in [0, 0.1) is 0 Å². The Morgan fingerprint density at radius 2 is 2.00 bits per heavy atom. The largest absolute Gasteiger partial charge is 0.493 e. The molecule has 1 aliphatic rings. The lowest BCUT2D eigenvalue weighted by Crippen LogP contribution is -2.42. The van der Waals surface area contributed by atoms with Crippen LogP contribution in [0.1, 0.15) is 45.1 Å². The van der Waals surface area contributed by atoms with Crippen LogP contribution in [-0.4, -0.2) is 63.2 Å². The molecule has 7 heteroatoms. The molecule has 162 valence electrons. The summed E-state index contributed by atoms with van der Waals surface area (Å²) in [7, 11) is 3.27. The van der Waals surface area contributed by atoms with Gasteiger partial charge in [-0.05, 0) is 57.2 Å². The molecule has 0 aromatic heterocycles. The summed E-state index contributed by atoms with van der Waals surface area (Å²) in [6, 6.07) is 6.29. The van der Waals surface area contributed by atoms with Gasteiger partial charge in [0, 0.05) is 32.1 Å². The van der Waals surface area contributed by atoms with E-state index in [1.54, 1.807) is 14.2 Å². The second-order valence-electron chi connectivity index (χ2n) is 7.31. The Kier molecular flexibility index (Phi) is 9.60. The van der Waals surface area contributed by atoms with Crippen molar-refractivity contribution in [3.63, 3.8) is 0 Å². The third-order valence-electron chi connectivity index (χ3n) is 5.22. The Balaban J connectivity index is 1.82. The Hall–Kier alpha value is -2.44. The molecule has 29 heavy (non-hydrogen) atoms. The fourth-order valence-corrected chi connectivity index (χ4v) is 3.58. The highest BCUT2D eigenvalue weighted by Gasteiger charge is 2.22. The van der Waals surface area contributed by atoms with Crippen molar-refractivity contribution >= 4 is 11.9 Å². The SMILES string of the molecule is CCNC(=NCCC(=O)N1CCCCC1C)NCCc1ccc(OC)c(OC)c1. The molecule has 0 spiro atoms. The van der Waals surface area contributed by atoms with E-state index < -0.39 is 0 Å². The Bertz CT molecular complexity index is 678. The number of guanidine groups is 1. The molecule has 1 unspecified atom stereocenters. The molecule has 7 nitrogen and oxygen atoms in total. The fraction of sp³-hybridized carbons (Fsp3) is 0.636. The lowest BCUT2D eigenvalue weighted by atomic mass is 10.0. The van der Waals surface area contributed by atoms with E-state index in [1.165, 1.54) is 6.42 Å². The van der Waals surface area contributed by atoms with Crippen LogP contribution in [0.15, 0.2) is 23.2 Å². The number of aliphatic imine (C=N–C) groups is 1. The number of carbonyl (C=O) groups is 1. The van der Waals surface area contributed by atoms with Gasteiger partial charge in [0.1, 0.15) is 0 Å². The molecule has 2 N–H and O–H groups in total. The Labute approximate surface area is 174 Å². The van der Waals surface area contributed by atoms with Gasteiger partial charge in [0.2, 0.25) is 5.91 Å². The van der Waals surface area contributed by atoms with Crippen LogP contribution >= 0.6 is 0 Å². The van der Waals surface area contributed by atoms with Gasteiger partial charge in [-0.2, -0.15) is 0 Å². The van der Waals surface area contributed by atoms with Gasteiger partial charge in [-0.3, -0.25) is 9.79 Å². The number of hydrogen-bond donors (Lipinski definition) is 2. The quantitative estimate of drug-likeness (QED) is 0.489. The minimum atomic E-state index is 0.210. The first-order chi connectivity index (χ1) is 14.1. The van der Waals surface area contributed by atoms with Crippen LogP contribution in [0.3, 0.4) is 0 Å². The van der Waals surface area contributed by atoms with Gasteiger partial charge in [-0.1, -0.05) is 6.07 Å². The first-order valence-corrected chi connectivity index (χ1v) is 10.6. The summed E-state index contributed by atoms with van der Waals surface area (Å²) in [5.41, 5.74) is 1.15. The molecule has 1 heterocycles. The normalized spacial score (nSPS) is 17.0. The Morgan fingerprint density at radius 1 is 1.21 bits per heavy atom. The van der Waals surface area contributed by atoms with Crippen LogP contribution in [-0.2, 0) is 11.2 Å². The molecular formula is C22H36N4O3. The fourth-order valence-electron chi connectivity index (χ4n) is 3.58. The average Bonchev–Trinajstić information content (AvgIpc) is 2.73. The number of piperidine rings is 1. The van der Waals surface area contributed by atoms with Crippen LogP contribution in [0.4, 0.5) is 0 Å². The molecule has 1 amide bonds. The summed E-state index contributed by atoms with van der Waals surface area (Å²) in [6.45, 7) is 7.06. The van der Waals surface area contributed by atoms with Gasteiger partial charge < -0.3 is 25.0 Å². The van der Waals surface area contributed by atoms with Crippen LogP contribution in [0.25, 0.3) is 0 Å². The predicted octanol–water partition coefficient (Wildman–Crippen LogP) is 2.59. The van der Waals surface area contributed by atoms with Gasteiger partial charge in [0.25, 0.3) is 0 Å². The molecule has 0 radical (unpaired) electrons. The summed E-state index contributed by atoms with van der Waals surface area (Å²) in [6.07, 6.45) is 4.72. The minimum absolute atomic E-state index is 0.210. The van der Waals surface area contributed by atoms with Gasteiger partial charge in [-0.15, -0.1) is 0 Å². The molecule has 2 rings (SSSR count). The summed E-state index contributed by atoms with van der Waals surface area (Å²) < 4.78 is 10.6. The second kappa shape index (κ2) is 12.2. The zero-order valence-corrected chi connectivity index (χ0v) is 18.3. The molecule has 1 aromatic rings. The number of ether oxygens (including phenoxy) is 2. The summed E-state index contributed by atoms with van der Waals surface area (Å²) in [4.78, 5) is 19.0. The van der Waals surface area contributed by atoms with Crippen molar-refractivity contribution in [1.82, 2.24) is 15.5 Å². The number of hydrogen-bond acceptors (Lipinski definition) is 4. The highest BCUT2D eigenvalue weighted by Crippen LogP contribution is 2.27. The Morgan fingerprint density at radius 3 is 2.69 bits per heavy atom. The molecule has 1 aromatic carbocycles. The third kappa shape index (κ3) is 7.15. The van der Waals surface area contributed by atoms with E-state index in [2.05, 4.69) is 22.5 Å². The third-order valence-corrected chi connectivity index (χ3v) is 5.22. The van der Waals surface area contributed by atoms with Crippen molar-refractivity contribution < 1.29 is 14.3 Å². The van der Waals surface area contributed by atoms with E-state index in [4.69, 9.17) is 9.47 Å². The maximum Gasteiger partial charge on any atom is 0.224 e. The van der Waals surface area contributed by atoms with E-state index >= 15 is 0 Å². The van der Waals surface area contributed by atoms with E-state index in [0.29, 0.717) is 19.0 Å². The maximum atomic E-state index is 12.5. The minimum Gasteiger partial charge on any atom is -0.493 e. The maximum absolute atomic E-state index is 12.5. The smallest absolute Gasteiger partial charge is 0.224 e. The predicted molar refractivity (Wildman–Crippen MR) is 117 cm³/mol. The monoisotopic (exact) mass is 404 g/mol. The molecule has 0 saturated carbocycles. The first-order valence-electron chi connectivity index (χ1n) is 10.6. The molecule has 0 bridgehead atoms. The molecule has 1 fully saturated rings. The summed E-state index contributed by atoms with van der Waals surface area (Å²) >= 11 is 0. The van der Waals surface area contributed by atoms with E-state index in [0.717, 1.165) is 61.9 Å². The van der Waals surface area contributed by atoms with Crippen LogP contribution in [0.2, 0.25) is 0 Å². The van der Waals surface area contributed by atoms with Gasteiger partial charge in [0.05, 0.1) is 20.8 Å². The van der Waals surface area contributed by atoms with Crippen molar-refractivity contribution in [2.24, 2.45) is 4.99 Å². The number of methoxy groups -OCH3 is 2. The van der Waals surface area contributed by atoms with Crippen molar-refractivity contribution in [3.05, 3.63) is 23.8 Å². The molecule has 1 saturated heterocycles. The zero-order valence-electron chi connectivity index (χ0n) is 18.3. The molecular weight excluding hydrogens is 368 g/mol. The number of nitrogens with one attached hydrogen (secondary N) is 2. The van der Waals surface area contributed by atoms with Gasteiger partial charge in [-0.25, -0.2) is 0 Å². The van der Waals surface area contributed by atoms with Crippen LogP contribution in [0.5, 0.6) is 11.5 Å². The number of likely N-dealkylation sites (tertiary alicyclic amines) is 1. The van der Waals surface area contributed by atoms with Crippen molar-refractivity contribution in [3.8, 4) is 11.5 Å². The van der Waals surface area contributed by atoms with E-state index in [9.17, 15) is 4.79 Å². The van der Waals surface area contributed by atoms with Crippen molar-refractivity contribution in [2.45, 2.75) is 52.0 Å². The number of amides is 1. The lowest BCUT2D eigenvalue weighted by molar-refractivity contribution is -0.134. The summed E-state index contributed by atoms with van der Waals surface area (Å²) in [5, 5.41) is 6.58. The second-order valence-corrected chi connectivity index (χ2v) is 7.31. The van der Waals surface area contributed by atoms with Gasteiger partial charge >= 0.3 is 0 Å². The molecule has 1 atom stereocenters. The average molecular weight is 405 g/mol. The molecule has 1 aliphatic heterocycles. The first kappa shape index (κ1) is 22.8. The van der Waals surface area contributed by atoms with E-state index in [1.807, 2.05) is 30.0 Å². The van der Waals surface area contributed by atoms with Crippen molar-refractivity contribution in [2.75, 3.05) is 40.4 Å². The van der Waals surface area contributed by atoms with Crippen molar-refractivity contribution in [1.29, 1.82) is 0 Å². The van der Waals surface area contributed by atoms with Crippen LogP contribution < -0.4 is 20.1 Å². The highest BCUT2D eigenvalue weighted by molar-refractivity contribution is 5.81. The van der Waals surface area contributed by atoms with Gasteiger partial charge in [0.15, 0.2) is 17.5 Å². The highest BCUT2D eigenvalue weighted by atomic mass is 16.5. The van der Waals surface area contributed by atoms with E-state index in [-0.39, 0.29) is 5.91 Å². The topological polar surface area (TPSA) is 75.2 Å².